The van der Waals surface area contributed by atoms with Crippen LogP contribution in [0.3, 0.4) is 0 Å². The number of aromatic amines is 1. The molecule has 3 aromatic rings. The van der Waals surface area contributed by atoms with Gasteiger partial charge in [0, 0.05) is 29.5 Å². The van der Waals surface area contributed by atoms with E-state index >= 15 is 0 Å². The van der Waals surface area contributed by atoms with Crippen LogP contribution in [0.4, 0.5) is 0 Å². The number of nitrogens with zero attached hydrogens (tertiary/aromatic N) is 2. The van der Waals surface area contributed by atoms with Gasteiger partial charge in [0.15, 0.2) is 0 Å². The van der Waals surface area contributed by atoms with Crippen molar-refractivity contribution in [2.75, 3.05) is 0 Å². The van der Waals surface area contributed by atoms with Gasteiger partial charge in [0.05, 0.1) is 6.20 Å². The Balaban J connectivity index is 2.04. The highest BCUT2D eigenvalue weighted by atomic mass is 16.5. The number of hydrogen-bond donors (Lipinski definition) is 1. The lowest BCUT2D eigenvalue weighted by molar-refractivity contribution is 0.465. The molecule has 0 saturated heterocycles. The summed E-state index contributed by atoms with van der Waals surface area (Å²) in [5.41, 5.74) is 1.04. The molecule has 2 heterocycles. The van der Waals surface area contributed by atoms with Crippen LogP contribution in [-0.4, -0.2) is 15.0 Å². The molecule has 1 aromatic carbocycles. The highest BCUT2D eigenvalue weighted by Gasteiger charge is 2.04. The molecule has 0 bridgehead atoms. The predicted octanol–water partition coefficient (Wildman–Crippen LogP) is 2.75. The van der Waals surface area contributed by atoms with Crippen LogP contribution in [0.5, 0.6) is 11.6 Å². The van der Waals surface area contributed by atoms with E-state index in [1.54, 1.807) is 18.6 Å². The molecule has 0 amide bonds. The first-order valence-corrected chi connectivity index (χ1v) is 4.93. The number of fused-ring (bicyclic) bond motifs is 1. The number of ether oxygens (including phenoxy) is 1. The van der Waals surface area contributed by atoms with E-state index in [0.29, 0.717) is 5.88 Å². The summed E-state index contributed by atoms with van der Waals surface area (Å²) in [4.78, 5) is 11.2. The average molecular weight is 211 g/mol. The smallest absolute Gasteiger partial charge is 0.237 e. The lowest BCUT2D eigenvalue weighted by Gasteiger charge is -2.04. The van der Waals surface area contributed by atoms with E-state index in [1.807, 2.05) is 30.5 Å². The molecule has 78 valence electrons. The molecule has 0 radical (unpaired) electrons. The molecule has 0 saturated carbocycles. The van der Waals surface area contributed by atoms with Gasteiger partial charge in [-0.3, -0.25) is 4.98 Å². The molecule has 0 atom stereocenters. The second-order valence-electron chi connectivity index (χ2n) is 3.34. The maximum atomic E-state index is 5.66. The number of hydrogen-bond acceptors (Lipinski definition) is 3. The van der Waals surface area contributed by atoms with Crippen LogP contribution >= 0.6 is 0 Å². The number of rotatable bonds is 2. The summed E-state index contributed by atoms with van der Waals surface area (Å²) >= 11 is 0. The second-order valence-corrected chi connectivity index (χ2v) is 3.34. The van der Waals surface area contributed by atoms with Crippen molar-refractivity contribution in [1.82, 2.24) is 15.0 Å². The maximum absolute atomic E-state index is 5.66. The monoisotopic (exact) mass is 211 g/mol. The summed E-state index contributed by atoms with van der Waals surface area (Å²) < 4.78 is 5.66. The molecule has 0 unspecified atom stereocenters. The summed E-state index contributed by atoms with van der Waals surface area (Å²) in [7, 11) is 0. The van der Waals surface area contributed by atoms with Crippen molar-refractivity contribution in [3.8, 4) is 11.6 Å². The quantitative estimate of drug-likeness (QED) is 0.709. The van der Waals surface area contributed by atoms with E-state index < -0.39 is 0 Å². The summed E-state index contributed by atoms with van der Waals surface area (Å²) in [6.07, 6.45) is 6.69. The Hall–Kier alpha value is -2.36. The number of benzene rings is 1. The van der Waals surface area contributed by atoms with Crippen LogP contribution in [0.1, 0.15) is 0 Å². The molecule has 0 fully saturated rings. The highest BCUT2D eigenvalue weighted by molar-refractivity contribution is 5.85. The molecule has 4 heteroatoms. The van der Waals surface area contributed by atoms with Gasteiger partial charge in [-0.2, -0.15) is 0 Å². The van der Waals surface area contributed by atoms with Crippen LogP contribution in [0, 0.1) is 0 Å². The SMILES string of the molecule is c1cc(Oc2cnccn2)c2cc[nH]c2c1. The molecule has 1 N–H and O–H groups in total. The molecule has 4 nitrogen and oxygen atoms in total. The van der Waals surface area contributed by atoms with Gasteiger partial charge in [0.25, 0.3) is 0 Å². The van der Waals surface area contributed by atoms with Crippen molar-refractivity contribution in [2.24, 2.45) is 0 Å². The Bertz CT molecular complexity index is 604. The van der Waals surface area contributed by atoms with Gasteiger partial charge in [0.2, 0.25) is 5.88 Å². The molecule has 0 aliphatic carbocycles. The van der Waals surface area contributed by atoms with Crippen LogP contribution in [0.15, 0.2) is 49.1 Å². The molecule has 0 aliphatic rings. The van der Waals surface area contributed by atoms with Crippen molar-refractivity contribution < 1.29 is 4.74 Å². The maximum Gasteiger partial charge on any atom is 0.237 e. The standard InChI is InChI=1S/C12H9N3O/c1-2-10-9(4-5-14-10)11(3-1)16-12-8-13-6-7-15-12/h1-8,14H. The van der Waals surface area contributed by atoms with E-state index in [-0.39, 0.29) is 0 Å². The van der Waals surface area contributed by atoms with Crippen LogP contribution < -0.4 is 4.74 Å². The van der Waals surface area contributed by atoms with Crippen molar-refractivity contribution >= 4 is 10.9 Å². The lowest BCUT2D eigenvalue weighted by atomic mass is 10.2. The molecule has 2 aromatic heterocycles. The number of aromatic nitrogens is 3. The summed E-state index contributed by atoms with van der Waals surface area (Å²) in [5.74, 6) is 1.27. The third-order valence-electron chi connectivity index (χ3n) is 2.31. The predicted molar refractivity (Wildman–Crippen MR) is 60.4 cm³/mol. The van der Waals surface area contributed by atoms with E-state index in [1.165, 1.54) is 0 Å². The minimum Gasteiger partial charge on any atom is -0.437 e. The van der Waals surface area contributed by atoms with Crippen LogP contribution in [0.25, 0.3) is 10.9 Å². The third kappa shape index (κ3) is 1.50. The minimum absolute atomic E-state index is 0.496. The van der Waals surface area contributed by atoms with Crippen molar-refractivity contribution in [3.63, 3.8) is 0 Å². The van der Waals surface area contributed by atoms with E-state index in [9.17, 15) is 0 Å². The van der Waals surface area contributed by atoms with Gasteiger partial charge < -0.3 is 9.72 Å². The number of H-pyrrole nitrogens is 1. The topological polar surface area (TPSA) is 50.8 Å². The normalized spacial score (nSPS) is 10.5. The van der Waals surface area contributed by atoms with Gasteiger partial charge in [-0.15, -0.1) is 0 Å². The Labute approximate surface area is 91.9 Å². The molecule has 3 rings (SSSR count). The molecule has 16 heavy (non-hydrogen) atoms. The zero-order chi connectivity index (χ0) is 10.8. The van der Waals surface area contributed by atoms with Gasteiger partial charge in [-0.1, -0.05) is 6.07 Å². The molecule has 0 spiro atoms. The fourth-order valence-corrected chi connectivity index (χ4v) is 1.60. The average Bonchev–Trinajstić information content (AvgIpc) is 2.80. The molecular weight excluding hydrogens is 202 g/mol. The van der Waals surface area contributed by atoms with E-state index in [4.69, 9.17) is 4.74 Å². The Morgan fingerprint density at radius 3 is 3.00 bits per heavy atom. The first-order valence-electron chi connectivity index (χ1n) is 4.93. The van der Waals surface area contributed by atoms with Crippen LogP contribution in [-0.2, 0) is 0 Å². The van der Waals surface area contributed by atoms with Crippen molar-refractivity contribution in [1.29, 1.82) is 0 Å². The van der Waals surface area contributed by atoms with Crippen molar-refractivity contribution in [2.45, 2.75) is 0 Å². The summed E-state index contributed by atoms with van der Waals surface area (Å²) in [6.45, 7) is 0. The Morgan fingerprint density at radius 1 is 1.12 bits per heavy atom. The summed E-state index contributed by atoms with van der Waals surface area (Å²) in [5, 5.41) is 1.04. The fourth-order valence-electron chi connectivity index (χ4n) is 1.60. The largest absolute Gasteiger partial charge is 0.437 e. The molecular formula is C12H9N3O. The molecule has 0 aliphatic heterocycles. The first-order chi connectivity index (χ1) is 7.93. The number of nitrogens with one attached hydrogen (secondary N) is 1. The Kier molecular flexibility index (Phi) is 2.04. The highest BCUT2D eigenvalue weighted by Crippen LogP contribution is 2.27. The first kappa shape index (κ1) is 8.91. The third-order valence-corrected chi connectivity index (χ3v) is 2.31. The van der Waals surface area contributed by atoms with Gasteiger partial charge in [-0.25, -0.2) is 4.98 Å². The Morgan fingerprint density at radius 2 is 2.12 bits per heavy atom. The zero-order valence-corrected chi connectivity index (χ0v) is 8.42. The minimum atomic E-state index is 0.496. The second kappa shape index (κ2) is 3.66. The van der Waals surface area contributed by atoms with Crippen LogP contribution in [0.2, 0.25) is 0 Å². The fraction of sp³-hybridized carbons (Fsp3) is 0. The zero-order valence-electron chi connectivity index (χ0n) is 8.42. The lowest BCUT2D eigenvalue weighted by Crippen LogP contribution is -1.88. The van der Waals surface area contributed by atoms with E-state index in [2.05, 4.69) is 15.0 Å². The van der Waals surface area contributed by atoms with Gasteiger partial charge >= 0.3 is 0 Å². The van der Waals surface area contributed by atoms with Gasteiger partial charge in [-0.05, 0) is 18.2 Å². The van der Waals surface area contributed by atoms with Gasteiger partial charge in [0.1, 0.15) is 5.75 Å². The summed E-state index contributed by atoms with van der Waals surface area (Å²) in [6, 6.07) is 7.81. The van der Waals surface area contributed by atoms with E-state index in [0.717, 1.165) is 16.7 Å². The van der Waals surface area contributed by atoms with Crippen molar-refractivity contribution in [3.05, 3.63) is 49.1 Å².